The van der Waals surface area contributed by atoms with Crippen LogP contribution < -0.4 is 30.1 Å². The van der Waals surface area contributed by atoms with Gasteiger partial charge in [-0.2, -0.15) is 0 Å². The molecule has 3 fully saturated rings. The maximum Gasteiger partial charge on any atom is 0.247 e. The minimum absolute atomic E-state index is 0.0631. The number of para-hydroxylation sites is 1. The number of hydroxylamine groups is 1. The van der Waals surface area contributed by atoms with Crippen molar-refractivity contribution >= 4 is 34.6 Å². The highest BCUT2D eigenvalue weighted by Gasteiger charge is 2.31. The first-order chi connectivity index (χ1) is 23.6. The molecule has 248 valence electrons. The number of ether oxygens (including phenoxy) is 2. The SMILES string of the molecule is C=CC(=O)Nc1cc(Nc2cc(N3OCCC3c3cccc(Oc4ccccc4)c3)ncn2)c(OC)cc1N1CCC(N2CCC2)CC1. The Bertz CT molecular complexity index is 1740. The Morgan fingerprint density at radius 2 is 1.75 bits per heavy atom. The third kappa shape index (κ3) is 6.92. The van der Waals surface area contributed by atoms with Crippen LogP contribution in [0.15, 0.2) is 91.8 Å². The molecule has 1 aromatic heterocycles. The second-order valence-electron chi connectivity index (χ2n) is 12.2. The van der Waals surface area contributed by atoms with E-state index in [1.807, 2.05) is 71.8 Å². The third-order valence-corrected chi connectivity index (χ3v) is 9.24. The highest BCUT2D eigenvalue weighted by molar-refractivity contribution is 6.02. The molecule has 48 heavy (non-hydrogen) atoms. The summed E-state index contributed by atoms with van der Waals surface area (Å²) in [5.74, 6) is 3.07. The first-order valence-corrected chi connectivity index (χ1v) is 16.6. The molecule has 11 heteroatoms. The molecule has 1 amide bonds. The maximum atomic E-state index is 12.5. The van der Waals surface area contributed by atoms with Gasteiger partial charge in [-0.15, -0.1) is 0 Å². The van der Waals surface area contributed by atoms with Crippen molar-refractivity contribution in [3.8, 4) is 17.2 Å². The van der Waals surface area contributed by atoms with Crippen molar-refractivity contribution in [1.82, 2.24) is 14.9 Å². The van der Waals surface area contributed by atoms with Crippen LogP contribution in [0, 0.1) is 0 Å². The molecule has 3 saturated heterocycles. The van der Waals surface area contributed by atoms with E-state index < -0.39 is 0 Å². The number of nitrogens with one attached hydrogen (secondary N) is 2. The van der Waals surface area contributed by atoms with Gasteiger partial charge < -0.3 is 29.9 Å². The fourth-order valence-electron chi connectivity index (χ4n) is 6.64. The van der Waals surface area contributed by atoms with Crippen molar-refractivity contribution in [3.63, 3.8) is 0 Å². The Morgan fingerprint density at radius 1 is 0.938 bits per heavy atom. The summed E-state index contributed by atoms with van der Waals surface area (Å²) in [4.78, 5) is 32.6. The van der Waals surface area contributed by atoms with Gasteiger partial charge in [0.25, 0.3) is 0 Å². The van der Waals surface area contributed by atoms with Crippen LogP contribution in [0.25, 0.3) is 0 Å². The van der Waals surface area contributed by atoms with Crippen LogP contribution in [0.1, 0.15) is 37.3 Å². The zero-order chi connectivity index (χ0) is 32.9. The smallest absolute Gasteiger partial charge is 0.247 e. The number of rotatable bonds is 11. The van der Waals surface area contributed by atoms with Gasteiger partial charge in [-0.3, -0.25) is 9.63 Å². The number of piperidine rings is 1. The third-order valence-electron chi connectivity index (χ3n) is 9.24. The molecular formula is C37H41N7O4. The summed E-state index contributed by atoms with van der Waals surface area (Å²) < 4.78 is 12.0. The zero-order valence-corrected chi connectivity index (χ0v) is 27.2. The molecule has 3 aromatic carbocycles. The van der Waals surface area contributed by atoms with Crippen molar-refractivity contribution in [1.29, 1.82) is 0 Å². The van der Waals surface area contributed by atoms with E-state index in [2.05, 4.69) is 43.0 Å². The molecule has 0 aliphatic carbocycles. The molecule has 0 saturated carbocycles. The summed E-state index contributed by atoms with van der Waals surface area (Å²) in [7, 11) is 1.64. The summed E-state index contributed by atoms with van der Waals surface area (Å²) >= 11 is 0. The van der Waals surface area contributed by atoms with Crippen LogP contribution in [0.4, 0.5) is 28.7 Å². The van der Waals surface area contributed by atoms with E-state index in [4.69, 9.17) is 14.3 Å². The van der Waals surface area contributed by atoms with Gasteiger partial charge in [-0.05, 0) is 74.3 Å². The quantitative estimate of drug-likeness (QED) is 0.171. The van der Waals surface area contributed by atoms with Crippen LogP contribution in [0.5, 0.6) is 17.2 Å². The van der Waals surface area contributed by atoms with E-state index in [9.17, 15) is 4.79 Å². The average molecular weight is 648 g/mol. The predicted molar refractivity (Wildman–Crippen MR) is 187 cm³/mol. The molecule has 0 spiro atoms. The topological polar surface area (TPSA) is 104 Å². The fraction of sp³-hybridized carbons (Fsp3) is 0.324. The number of likely N-dealkylation sites (tertiary alicyclic amines) is 1. The molecule has 0 bridgehead atoms. The lowest BCUT2D eigenvalue weighted by Gasteiger charge is -2.43. The van der Waals surface area contributed by atoms with Crippen molar-refractivity contribution in [2.45, 2.75) is 37.8 Å². The van der Waals surface area contributed by atoms with E-state index in [0.29, 0.717) is 41.4 Å². The summed E-state index contributed by atoms with van der Waals surface area (Å²) in [5, 5.41) is 8.24. The van der Waals surface area contributed by atoms with Gasteiger partial charge in [-0.1, -0.05) is 36.9 Å². The molecule has 3 aliphatic heterocycles. The van der Waals surface area contributed by atoms with E-state index in [-0.39, 0.29) is 11.9 Å². The van der Waals surface area contributed by atoms with Crippen LogP contribution >= 0.6 is 0 Å². The van der Waals surface area contributed by atoms with Gasteiger partial charge in [0.15, 0.2) is 5.82 Å². The number of hydrogen-bond donors (Lipinski definition) is 2. The first-order valence-electron chi connectivity index (χ1n) is 16.6. The van der Waals surface area contributed by atoms with Crippen molar-refractivity contribution in [2.75, 3.05) is 60.5 Å². The van der Waals surface area contributed by atoms with Gasteiger partial charge in [-0.25, -0.2) is 15.0 Å². The monoisotopic (exact) mass is 647 g/mol. The zero-order valence-electron chi connectivity index (χ0n) is 27.2. The molecule has 4 aromatic rings. The molecule has 0 radical (unpaired) electrons. The van der Waals surface area contributed by atoms with Gasteiger partial charge in [0.1, 0.15) is 29.4 Å². The Morgan fingerprint density at radius 3 is 2.50 bits per heavy atom. The van der Waals surface area contributed by atoms with E-state index in [1.54, 1.807) is 7.11 Å². The van der Waals surface area contributed by atoms with Crippen molar-refractivity contribution in [2.24, 2.45) is 0 Å². The van der Waals surface area contributed by atoms with Crippen LogP contribution in [0.3, 0.4) is 0 Å². The molecule has 2 N–H and O–H groups in total. The van der Waals surface area contributed by atoms with Crippen molar-refractivity contribution < 1.29 is 19.1 Å². The number of hydrogen-bond acceptors (Lipinski definition) is 10. The lowest BCUT2D eigenvalue weighted by atomic mass is 9.99. The van der Waals surface area contributed by atoms with Gasteiger partial charge in [0.2, 0.25) is 5.91 Å². The fourth-order valence-corrected chi connectivity index (χ4v) is 6.64. The molecule has 4 heterocycles. The minimum atomic E-state index is -0.275. The number of carbonyl (C=O) groups excluding carboxylic acids is 1. The molecule has 7 rings (SSSR count). The first kappa shape index (κ1) is 31.5. The second-order valence-corrected chi connectivity index (χ2v) is 12.2. The Balaban J connectivity index is 1.11. The number of methoxy groups -OCH3 is 1. The second kappa shape index (κ2) is 14.3. The summed E-state index contributed by atoms with van der Waals surface area (Å²) in [5.41, 5.74) is 3.32. The number of aromatic nitrogens is 2. The Hall–Kier alpha value is -5.13. The normalized spacial score (nSPS) is 18.2. The maximum absolute atomic E-state index is 12.5. The number of amides is 1. The number of benzene rings is 3. The highest BCUT2D eigenvalue weighted by atomic mass is 16.7. The minimum Gasteiger partial charge on any atom is -0.494 e. The largest absolute Gasteiger partial charge is 0.494 e. The van der Waals surface area contributed by atoms with Gasteiger partial charge >= 0.3 is 0 Å². The van der Waals surface area contributed by atoms with Crippen LogP contribution in [-0.4, -0.2) is 66.7 Å². The number of anilines is 5. The van der Waals surface area contributed by atoms with Crippen molar-refractivity contribution in [3.05, 3.63) is 97.3 Å². The molecule has 3 aliphatic rings. The van der Waals surface area contributed by atoms with Gasteiger partial charge in [0.05, 0.1) is 36.8 Å². The van der Waals surface area contributed by atoms with E-state index >= 15 is 0 Å². The average Bonchev–Trinajstić information content (AvgIpc) is 3.59. The van der Waals surface area contributed by atoms with E-state index in [0.717, 1.165) is 55.1 Å². The standard InChI is InChI=1S/C37H41N7O4/c1-3-37(45)41-30-22-31(34(46-2)23-33(30)43-18-13-27(14-19-43)42-16-8-17-42)40-35-24-36(39-25-38-35)44-32(15-20-47-44)26-9-7-12-29(21-26)48-28-10-5-4-6-11-28/h3-7,9-12,21-25,27,32H,1,8,13-20H2,2H3,(H,41,45)(H,38,39,40). The van der Waals surface area contributed by atoms with Gasteiger partial charge in [0, 0.05) is 37.7 Å². The van der Waals surface area contributed by atoms with Crippen LogP contribution in [-0.2, 0) is 9.63 Å². The summed E-state index contributed by atoms with van der Waals surface area (Å²) in [6.45, 7) is 8.42. The Kier molecular flexibility index (Phi) is 9.39. The predicted octanol–water partition coefficient (Wildman–Crippen LogP) is 6.70. The molecule has 1 unspecified atom stereocenters. The molecular weight excluding hydrogens is 606 g/mol. The summed E-state index contributed by atoms with van der Waals surface area (Å²) in [6.07, 6.45) is 7.05. The highest BCUT2D eigenvalue weighted by Crippen LogP contribution is 2.41. The number of carbonyl (C=O) groups is 1. The lowest BCUT2D eigenvalue weighted by Crippen LogP contribution is -2.50. The molecule has 11 nitrogen and oxygen atoms in total. The van der Waals surface area contributed by atoms with E-state index in [1.165, 1.54) is 31.9 Å². The summed E-state index contributed by atoms with van der Waals surface area (Å²) in [6, 6.07) is 24.1. The molecule has 1 atom stereocenters. The Labute approximate surface area is 281 Å². The van der Waals surface area contributed by atoms with Crippen LogP contribution in [0.2, 0.25) is 0 Å². The number of nitrogens with zero attached hydrogens (tertiary/aromatic N) is 5. The lowest BCUT2D eigenvalue weighted by molar-refractivity contribution is -0.111.